The summed E-state index contributed by atoms with van der Waals surface area (Å²) in [7, 11) is 2.71. The van der Waals surface area contributed by atoms with E-state index >= 15 is 0 Å². The first-order valence-corrected chi connectivity index (χ1v) is 4.68. The summed E-state index contributed by atoms with van der Waals surface area (Å²) >= 11 is 0. The van der Waals surface area contributed by atoms with Crippen LogP contribution in [0.1, 0.15) is 11.1 Å². The summed E-state index contributed by atoms with van der Waals surface area (Å²) in [4.78, 5) is 11.0. The lowest BCUT2D eigenvalue weighted by atomic mass is 10.1. The summed E-state index contributed by atoms with van der Waals surface area (Å²) in [5.41, 5.74) is 0.520. The van der Waals surface area contributed by atoms with E-state index in [1.54, 1.807) is 6.07 Å². The monoisotopic (exact) mass is 224 g/mol. The molecule has 0 saturated heterocycles. The van der Waals surface area contributed by atoms with Crippen molar-refractivity contribution >= 4 is 12.0 Å². The van der Waals surface area contributed by atoms with E-state index in [9.17, 15) is 9.18 Å². The molecule has 0 radical (unpaired) electrons. The highest BCUT2D eigenvalue weighted by Crippen LogP contribution is 2.25. The van der Waals surface area contributed by atoms with Gasteiger partial charge < -0.3 is 9.47 Å². The number of rotatable bonds is 4. The van der Waals surface area contributed by atoms with Crippen molar-refractivity contribution in [2.75, 3.05) is 14.2 Å². The molecule has 0 fully saturated rings. The third-order valence-electron chi connectivity index (χ3n) is 2.21. The standard InChI is InChI=1S/C12H13FO3/c1-4-9-10(15-2)6-5-8(12(9)13)7-11(14)16-3/h4-6H,1,7H2,2-3H3. The van der Waals surface area contributed by atoms with Gasteiger partial charge in [0, 0.05) is 0 Å². The molecule has 0 N–H and O–H groups in total. The lowest BCUT2D eigenvalue weighted by Crippen LogP contribution is -2.07. The van der Waals surface area contributed by atoms with Crippen LogP contribution in [0, 0.1) is 5.82 Å². The van der Waals surface area contributed by atoms with Gasteiger partial charge in [0.1, 0.15) is 11.6 Å². The van der Waals surface area contributed by atoms with Crippen LogP contribution in [0.4, 0.5) is 4.39 Å². The average molecular weight is 224 g/mol. The summed E-state index contributed by atoms with van der Waals surface area (Å²) in [6, 6.07) is 3.09. The van der Waals surface area contributed by atoms with Crippen LogP contribution in [0.3, 0.4) is 0 Å². The fourth-order valence-corrected chi connectivity index (χ4v) is 1.35. The average Bonchev–Trinajstić information content (AvgIpc) is 2.31. The minimum Gasteiger partial charge on any atom is -0.496 e. The number of ether oxygens (including phenoxy) is 2. The highest BCUT2D eigenvalue weighted by Gasteiger charge is 2.14. The molecule has 1 rings (SSSR count). The van der Waals surface area contributed by atoms with Gasteiger partial charge in [-0.3, -0.25) is 4.79 Å². The summed E-state index contributed by atoms with van der Waals surface area (Å²) in [5, 5.41) is 0. The molecule has 0 aliphatic heterocycles. The predicted molar refractivity (Wildman–Crippen MR) is 58.8 cm³/mol. The lowest BCUT2D eigenvalue weighted by Gasteiger charge is -2.09. The summed E-state index contributed by atoms with van der Waals surface area (Å²) < 4.78 is 23.3. The topological polar surface area (TPSA) is 35.5 Å². The largest absolute Gasteiger partial charge is 0.496 e. The molecular weight excluding hydrogens is 211 g/mol. The van der Waals surface area contributed by atoms with Gasteiger partial charge in [-0.15, -0.1) is 0 Å². The second-order valence-corrected chi connectivity index (χ2v) is 3.11. The Balaban J connectivity index is 3.13. The van der Waals surface area contributed by atoms with E-state index in [2.05, 4.69) is 11.3 Å². The number of benzene rings is 1. The third-order valence-corrected chi connectivity index (χ3v) is 2.21. The highest BCUT2D eigenvalue weighted by molar-refractivity contribution is 5.73. The molecule has 0 aromatic heterocycles. The van der Waals surface area contributed by atoms with Crippen LogP contribution in [0.2, 0.25) is 0 Å². The van der Waals surface area contributed by atoms with Crippen molar-refractivity contribution in [3.05, 3.63) is 35.7 Å². The van der Waals surface area contributed by atoms with Gasteiger partial charge >= 0.3 is 5.97 Å². The summed E-state index contributed by atoms with van der Waals surface area (Å²) in [6.07, 6.45) is 1.25. The Morgan fingerprint density at radius 1 is 1.50 bits per heavy atom. The molecule has 0 aliphatic carbocycles. The first-order chi connectivity index (χ1) is 7.63. The number of carbonyl (C=O) groups excluding carboxylic acids is 1. The molecule has 16 heavy (non-hydrogen) atoms. The van der Waals surface area contributed by atoms with Crippen LogP contribution < -0.4 is 4.74 Å². The number of carbonyl (C=O) groups is 1. The first kappa shape index (κ1) is 12.2. The molecule has 0 bridgehead atoms. The van der Waals surface area contributed by atoms with Crippen LogP contribution in [-0.4, -0.2) is 20.2 Å². The van der Waals surface area contributed by atoms with Crippen molar-refractivity contribution in [3.63, 3.8) is 0 Å². The summed E-state index contributed by atoms with van der Waals surface area (Å²) in [6.45, 7) is 3.50. The Morgan fingerprint density at radius 3 is 2.69 bits per heavy atom. The van der Waals surface area contributed by atoms with E-state index in [1.807, 2.05) is 0 Å². The second-order valence-electron chi connectivity index (χ2n) is 3.11. The smallest absolute Gasteiger partial charge is 0.310 e. The molecule has 0 atom stereocenters. The highest BCUT2D eigenvalue weighted by atomic mass is 19.1. The van der Waals surface area contributed by atoms with Gasteiger partial charge in [-0.25, -0.2) is 4.39 Å². The quantitative estimate of drug-likeness (QED) is 0.735. The molecule has 0 saturated carbocycles. The number of esters is 1. The number of halogens is 1. The SMILES string of the molecule is C=Cc1c(OC)ccc(CC(=O)OC)c1F. The van der Waals surface area contributed by atoms with Crippen molar-refractivity contribution in [1.82, 2.24) is 0 Å². The maximum atomic E-state index is 13.9. The molecule has 86 valence electrons. The Morgan fingerprint density at radius 2 is 2.19 bits per heavy atom. The zero-order valence-electron chi connectivity index (χ0n) is 9.25. The van der Waals surface area contributed by atoms with Gasteiger partial charge in [-0.2, -0.15) is 0 Å². The van der Waals surface area contributed by atoms with Crippen molar-refractivity contribution in [2.24, 2.45) is 0 Å². The molecule has 3 nitrogen and oxygen atoms in total. The number of methoxy groups -OCH3 is 2. The maximum absolute atomic E-state index is 13.9. The molecule has 1 aromatic carbocycles. The van der Waals surface area contributed by atoms with Gasteiger partial charge in [0.2, 0.25) is 0 Å². The van der Waals surface area contributed by atoms with E-state index in [1.165, 1.54) is 26.4 Å². The van der Waals surface area contributed by atoms with E-state index < -0.39 is 11.8 Å². The maximum Gasteiger partial charge on any atom is 0.310 e. The molecule has 0 aliphatic rings. The van der Waals surface area contributed by atoms with Crippen LogP contribution in [0.25, 0.3) is 6.08 Å². The van der Waals surface area contributed by atoms with Gasteiger partial charge in [0.15, 0.2) is 0 Å². The molecule has 0 spiro atoms. The van der Waals surface area contributed by atoms with Gasteiger partial charge in [-0.1, -0.05) is 18.7 Å². The van der Waals surface area contributed by atoms with Crippen LogP contribution >= 0.6 is 0 Å². The minimum atomic E-state index is -0.500. The molecular formula is C12H13FO3. The molecule has 1 aromatic rings. The van der Waals surface area contributed by atoms with E-state index in [-0.39, 0.29) is 17.5 Å². The van der Waals surface area contributed by atoms with Crippen molar-refractivity contribution in [3.8, 4) is 5.75 Å². The first-order valence-electron chi connectivity index (χ1n) is 4.68. The molecule has 0 unspecified atom stereocenters. The zero-order valence-corrected chi connectivity index (χ0v) is 9.25. The molecule has 0 amide bonds. The van der Waals surface area contributed by atoms with E-state index in [4.69, 9.17) is 4.74 Å². The summed E-state index contributed by atoms with van der Waals surface area (Å²) in [5.74, 6) is -0.597. The van der Waals surface area contributed by atoms with E-state index in [0.717, 1.165) is 0 Å². The van der Waals surface area contributed by atoms with Crippen molar-refractivity contribution in [2.45, 2.75) is 6.42 Å². The number of hydrogen-bond acceptors (Lipinski definition) is 3. The lowest BCUT2D eigenvalue weighted by molar-refractivity contribution is -0.139. The normalized spacial score (nSPS) is 9.69. The third kappa shape index (κ3) is 2.39. The molecule has 4 heteroatoms. The Kier molecular flexibility index (Phi) is 4.05. The van der Waals surface area contributed by atoms with E-state index in [0.29, 0.717) is 5.75 Å². The molecule has 0 heterocycles. The van der Waals surface area contributed by atoms with Crippen molar-refractivity contribution in [1.29, 1.82) is 0 Å². The van der Waals surface area contributed by atoms with Gasteiger partial charge in [-0.05, 0) is 11.6 Å². The fourth-order valence-electron chi connectivity index (χ4n) is 1.35. The fraction of sp³-hybridized carbons (Fsp3) is 0.250. The minimum absolute atomic E-state index is 0.104. The van der Waals surface area contributed by atoms with Crippen LogP contribution in [0.15, 0.2) is 18.7 Å². The Bertz CT molecular complexity index is 413. The van der Waals surface area contributed by atoms with Crippen LogP contribution in [-0.2, 0) is 16.0 Å². The zero-order chi connectivity index (χ0) is 12.1. The van der Waals surface area contributed by atoms with Gasteiger partial charge in [0.25, 0.3) is 0 Å². The predicted octanol–water partition coefficient (Wildman–Crippen LogP) is 2.19. The number of hydrogen-bond donors (Lipinski definition) is 0. The Hall–Kier alpha value is -1.84. The van der Waals surface area contributed by atoms with Gasteiger partial charge in [0.05, 0.1) is 26.2 Å². The van der Waals surface area contributed by atoms with Crippen LogP contribution in [0.5, 0.6) is 5.75 Å². The second kappa shape index (κ2) is 5.30. The Labute approximate surface area is 93.5 Å². The van der Waals surface area contributed by atoms with Crippen molar-refractivity contribution < 1.29 is 18.7 Å².